The van der Waals surface area contributed by atoms with Crippen LogP contribution >= 0.6 is 0 Å². The van der Waals surface area contributed by atoms with Crippen LogP contribution in [0.5, 0.6) is 0 Å². The molecule has 0 unspecified atom stereocenters. The van der Waals surface area contributed by atoms with E-state index >= 15 is 0 Å². The lowest BCUT2D eigenvalue weighted by Gasteiger charge is -2.12. The van der Waals surface area contributed by atoms with Crippen LogP contribution in [0.25, 0.3) is 0 Å². The van der Waals surface area contributed by atoms with E-state index in [1.807, 2.05) is 18.2 Å². The van der Waals surface area contributed by atoms with Gasteiger partial charge >= 0.3 is 0 Å². The standard InChI is InChI=1S/C17H24N4O/c1-12(2)16-9-15(22-21-16)11-20-17(18-4)19-10-14-8-6-5-7-13(14)3/h5-9,12H,10-11H2,1-4H3,(H2,18,19,20). The number of hydrogen-bond acceptors (Lipinski definition) is 3. The van der Waals surface area contributed by atoms with Crippen molar-refractivity contribution in [3.63, 3.8) is 0 Å². The number of nitrogens with zero attached hydrogens (tertiary/aromatic N) is 2. The maximum Gasteiger partial charge on any atom is 0.191 e. The van der Waals surface area contributed by atoms with Gasteiger partial charge in [0.15, 0.2) is 11.7 Å². The average Bonchev–Trinajstić information content (AvgIpc) is 2.98. The van der Waals surface area contributed by atoms with Crippen LogP contribution in [0, 0.1) is 6.92 Å². The van der Waals surface area contributed by atoms with Crippen LogP contribution in [0.2, 0.25) is 0 Å². The predicted octanol–water partition coefficient (Wildman–Crippen LogP) is 2.97. The van der Waals surface area contributed by atoms with Crippen LogP contribution in [0.1, 0.15) is 42.3 Å². The third kappa shape index (κ3) is 4.35. The molecule has 1 aromatic carbocycles. The van der Waals surface area contributed by atoms with Crippen molar-refractivity contribution >= 4 is 5.96 Å². The molecule has 22 heavy (non-hydrogen) atoms. The van der Waals surface area contributed by atoms with Gasteiger partial charge in [0, 0.05) is 19.7 Å². The maximum atomic E-state index is 5.31. The molecule has 0 saturated heterocycles. The molecule has 0 aliphatic rings. The van der Waals surface area contributed by atoms with Crippen molar-refractivity contribution < 1.29 is 4.52 Å². The Morgan fingerprint density at radius 3 is 2.59 bits per heavy atom. The van der Waals surface area contributed by atoms with Crippen molar-refractivity contribution in [2.75, 3.05) is 7.05 Å². The number of guanidine groups is 1. The highest BCUT2D eigenvalue weighted by molar-refractivity contribution is 5.79. The summed E-state index contributed by atoms with van der Waals surface area (Å²) in [5.74, 6) is 1.92. The molecule has 1 aromatic heterocycles. The van der Waals surface area contributed by atoms with Crippen LogP contribution in [-0.4, -0.2) is 18.2 Å². The second kappa shape index (κ2) is 7.64. The molecule has 2 rings (SSSR count). The zero-order valence-corrected chi connectivity index (χ0v) is 13.7. The maximum absolute atomic E-state index is 5.31. The van der Waals surface area contributed by atoms with Crippen LogP contribution in [0.3, 0.4) is 0 Å². The lowest BCUT2D eigenvalue weighted by molar-refractivity contribution is 0.372. The van der Waals surface area contributed by atoms with Crippen LogP contribution < -0.4 is 10.6 Å². The Hall–Kier alpha value is -2.30. The first-order valence-electron chi connectivity index (χ1n) is 7.54. The summed E-state index contributed by atoms with van der Waals surface area (Å²) < 4.78 is 5.31. The van der Waals surface area contributed by atoms with E-state index in [9.17, 15) is 0 Å². The summed E-state index contributed by atoms with van der Waals surface area (Å²) in [7, 11) is 1.76. The van der Waals surface area contributed by atoms with Gasteiger partial charge in [-0.2, -0.15) is 0 Å². The molecule has 0 amide bonds. The molecular weight excluding hydrogens is 276 g/mol. The van der Waals surface area contributed by atoms with Gasteiger partial charge < -0.3 is 15.2 Å². The lowest BCUT2D eigenvalue weighted by Crippen LogP contribution is -2.36. The van der Waals surface area contributed by atoms with Gasteiger partial charge in [-0.15, -0.1) is 0 Å². The highest BCUT2D eigenvalue weighted by Gasteiger charge is 2.08. The fourth-order valence-electron chi connectivity index (χ4n) is 2.06. The van der Waals surface area contributed by atoms with Crippen LogP contribution in [0.15, 0.2) is 39.8 Å². The first kappa shape index (κ1) is 16.1. The van der Waals surface area contributed by atoms with E-state index in [4.69, 9.17) is 4.52 Å². The molecule has 0 fully saturated rings. The van der Waals surface area contributed by atoms with Gasteiger partial charge in [-0.05, 0) is 24.0 Å². The fraction of sp³-hybridized carbons (Fsp3) is 0.412. The van der Waals surface area contributed by atoms with Gasteiger partial charge in [0.05, 0.1) is 12.2 Å². The van der Waals surface area contributed by atoms with E-state index in [1.165, 1.54) is 11.1 Å². The number of nitrogens with one attached hydrogen (secondary N) is 2. The smallest absolute Gasteiger partial charge is 0.191 e. The lowest BCUT2D eigenvalue weighted by atomic mass is 10.1. The summed E-state index contributed by atoms with van der Waals surface area (Å²) in [6, 6.07) is 10.3. The molecule has 0 bridgehead atoms. The van der Waals surface area contributed by atoms with E-state index in [1.54, 1.807) is 7.05 Å². The monoisotopic (exact) mass is 300 g/mol. The van der Waals surface area contributed by atoms with Crippen LogP contribution in [0.4, 0.5) is 0 Å². The first-order chi connectivity index (χ1) is 10.6. The Morgan fingerprint density at radius 1 is 1.23 bits per heavy atom. The van der Waals surface area contributed by atoms with Crippen molar-refractivity contribution in [1.29, 1.82) is 0 Å². The predicted molar refractivity (Wildman–Crippen MR) is 88.8 cm³/mol. The van der Waals surface area contributed by atoms with E-state index in [-0.39, 0.29) is 0 Å². The molecule has 2 aromatic rings. The molecule has 118 valence electrons. The molecule has 0 saturated carbocycles. The van der Waals surface area contributed by atoms with E-state index in [2.05, 4.69) is 53.7 Å². The largest absolute Gasteiger partial charge is 0.359 e. The summed E-state index contributed by atoms with van der Waals surface area (Å²) >= 11 is 0. The zero-order valence-electron chi connectivity index (χ0n) is 13.7. The summed E-state index contributed by atoms with van der Waals surface area (Å²) in [5, 5.41) is 10.6. The third-order valence-corrected chi connectivity index (χ3v) is 3.53. The SMILES string of the molecule is CN=C(NCc1cc(C(C)C)no1)NCc1ccccc1C. The third-order valence-electron chi connectivity index (χ3n) is 3.53. The quantitative estimate of drug-likeness (QED) is 0.658. The normalized spacial score (nSPS) is 11.8. The number of aryl methyl sites for hydroxylation is 1. The van der Waals surface area contributed by atoms with Gasteiger partial charge in [0.1, 0.15) is 0 Å². The van der Waals surface area contributed by atoms with Crippen molar-refractivity contribution in [2.24, 2.45) is 4.99 Å². The van der Waals surface area contributed by atoms with Crippen molar-refractivity contribution in [3.8, 4) is 0 Å². The second-order valence-electron chi connectivity index (χ2n) is 5.58. The number of aliphatic imine (C=N–C) groups is 1. The molecule has 0 radical (unpaired) electrons. The van der Waals surface area contributed by atoms with Gasteiger partial charge in [-0.1, -0.05) is 43.3 Å². The highest BCUT2D eigenvalue weighted by atomic mass is 16.5. The first-order valence-corrected chi connectivity index (χ1v) is 7.54. The molecule has 2 N–H and O–H groups in total. The second-order valence-corrected chi connectivity index (χ2v) is 5.58. The molecule has 0 atom stereocenters. The zero-order chi connectivity index (χ0) is 15.9. The fourth-order valence-corrected chi connectivity index (χ4v) is 2.06. The molecule has 5 heteroatoms. The number of benzene rings is 1. The topological polar surface area (TPSA) is 62.5 Å². The average molecular weight is 300 g/mol. The summed E-state index contributed by atoms with van der Waals surface area (Å²) in [6.07, 6.45) is 0. The van der Waals surface area contributed by atoms with Crippen LogP contribution in [-0.2, 0) is 13.1 Å². The van der Waals surface area contributed by atoms with Gasteiger partial charge in [0.2, 0.25) is 0 Å². The van der Waals surface area contributed by atoms with Crippen molar-refractivity contribution in [1.82, 2.24) is 15.8 Å². The van der Waals surface area contributed by atoms with E-state index < -0.39 is 0 Å². The summed E-state index contributed by atoms with van der Waals surface area (Å²) in [5.41, 5.74) is 3.49. The van der Waals surface area contributed by atoms with Gasteiger partial charge in [-0.25, -0.2) is 0 Å². The van der Waals surface area contributed by atoms with Gasteiger partial charge in [0.25, 0.3) is 0 Å². The Labute approximate surface area is 131 Å². The molecule has 0 spiro atoms. The summed E-state index contributed by atoms with van der Waals surface area (Å²) in [4.78, 5) is 4.22. The van der Waals surface area contributed by atoms with Crippen molar-refractivity contribution in [2.45, 2.75) is 39.8 Å². The summed E-state index contributed by atoms with van der Waals surface area (Å²) in [6.45, 7) is 7.60. The Bertz CT molecular complexity index is 631. The number of rotatable bonds is 5. The molecule has 5 nitrogen and oxygen atoms in total. The Balaban J connectivity index is 1.86. The Kier molecular flexibility index (Phi) is 5.58. The molecular formula is C17H24N4O. The van der Waals surface area contributed by atoms with E-state index in [0.717, 1.165) is 24.0 Å². The Morgan fingerprint density at radius 2 is 1.95 bits per heavy atom. The van der Waals surface area contributed by atoms with Crippen molar-refractivity contribution in [3.05, 3.63) is 52.9 Å². The van der Waals surface area contributed by atoms with E-state index in [0.29, 0.717) is 12.5 Å². The minimum atomic E-state index is 0.371. The molecule has 0 aliphatic carbocycles. The molecule has 1 heterocycles. The minimum Gasteiger partial charge on any atom is -0.359 e. The number of aromatic nitrogens is 1. The highest BCUT2D eigenvalue weighted by Crippen LogP contribution is 2.13. The minimum absolute atomic E-state index is 0.371. The molecule has 0 aliphatic heterocycles. The van der Waals surface area contributed by atoms with Gasteiger partial charge in [-0.3, -0.25) is 4.99 Å². The number of hydrogen-bond donors (Lipinski definition) is 2.